The summed E-state index contributed by atoms with van der Waals surface area (Å²) in [6.07, 6.45) is 1.53. The second-order valence-electron chi connectivity index (χ2n) is 4.06. The monoisotopic (exact) mass is 263 g/mol. The summed E-state index contributed by atoms with van der Waals surface area (Å²) in [5.74, 6) is -0.653. The van der Waals surface area contributed by atoms with Crippen LogP contribution in [-0.2, 0) is 6.54 Å². The van der Waals surface area contributed by atoms with E-state index in [1.807, 2.05) is 6.92 Å². The highest BCUT2D eigenvalue weighted by molar-refractivity contribution is 5.96. The number of rotatable bonds is 4. The van der Waals surface area contributed by atoms with Gasteiger partial charge in [-0.3, -0.25) is 4.79 Å². The zero-order chi connectivity index (χ0) is 13.8. The van der Waals surface area contributed by atoms with Crippen molar-refractivity contribution in [1.82, 2.24) is 4.90 Å². The summed E-state index contributed by atoms with van der Waals surface area (Å²) in [5, 5.41) is 9.62. The first-order valence-electron chi connectivity index (χ1n) is 5.92. The number of furan rings is 1. The Morgan fingerprint density at radius 3 is 2.79 bits per heavy atom. The van der Waals surface area contributed by atoms with Crippen LogP contribution in [0.3, 0.4) is 0 Å². The molecular weight excluding hydrogens is 249 g/mol. The van der Waals surface area contributed by atoms with E-state index in [0.29, 0.717) is 18.8 Å². The van der Waals surface area contributed by atoms with E-state index >= 15 is 0 Å². The van der Waals surface area contributed by atoms with E-state index in [4.69, 9.17) is 4.42 Å². The van der Waals surface area contributed by atoms with Crippen LogP contribution >= 0.6 is 0 Å². The first-order valence-corrected chi connectivity index (χ1v) is 5.92. The van der Waals surface area contributed by atoms with Crippen molar-refractivity contribution in [3.8, 4) is 5.75 Å². The van der Waals surface area contributed by atoms with E-state index < -0.39 is 5.82 Å². The number of carbonyl (C=O) groups is 1. The summed E-state index contributed by atoms with van der Waals surface area (Å²) in [6.45, 7) is 2.58. The first-order chi connectivity index (χ1) is 9.11. The third kappa shape index (κ3) is 2.93. The van der Waals surface area contributed by atoms with Crippen LogP contribution in [0.1, 0.15) is 23.0 Å². The average molecular weight is 263 g/mol. The van der Waals surface area contributed by atoms with Gasteiger partial charge in [-0.25, -0.2) is 4.39 Å². The van der Waals surface area contributed by atoms with Gasteiger partial charge in [-0.15, -0.1) is 0 Å². The van der Waals surface area contributed by atoms with Crippen LogP contribution in [0.5, 0.6) is 5.75 Å². The van der Waals surface area contributed by atoms with Crippen LogP contribution < -0.4 is 0 Å². The topological polar surface area (TPSA) is 53.7 Å². The van der Waals surface area contributed by atoms with Gasteiger partial charge in [-0.1, -0.05) is 0 Å². The van der Waals surface area contributed by atoms with Crippen LogP contribution in [0, 0.1) is 5.82 Å². The molecule has 2 rings (SSSR count). The largest absolute Gasteiger partial charge is 0.507 e. The number of hydrogen-bond donors (Lipinski definition) is 1. The van der Waals surface area contributed by atoms with E-state index in [2.05, 4.69) is 0 Å². The van der Waals surface area contributed by atoms with Gasteiger partial charge >= 0.3 is 0 Å². The fourth-order valence-corrected chi connectivity index (χ4v) is 1.77. The number of halogens is 1. The lowest BCUT2D eigenvalue weighted by atomic mass is 10.1. The number of aromatic hydroxyl groups is 1. The summed E-state index contributed by atoms with van der Waals surface area (Å²) in [6, 6.07) is 6.85. The summed E-state index contributed by atoms with van der Waals surface area (Å²) < 4.78 is 18.1. The molecule has 5 heteroatoms. The second-order valence-corrected chi connectivity index (χ2v) is 4.06. The molecule has 0 aliphatic heterocycles. The zero-order valence-corrected chi connectivity index (χ0v) is 10.5. The van der Waals surface area contributed by atoms with Gasteiger partial charge in [0.05, 0.1) is 18.4 Å². The van der Waals surface area contributed by atoms with E-state index in [1.54, 1.807) is 12.1 Å². The Kier molecular flexibility index (Phi) is 3.85. The third-order valence-corrected chi connectivity index (χ3v) is 2.79. The van der Waals surface area contributed by atoms with Gasteiger partial charge < -0.3 is 14.4 Å². The predicted molar refractivity (Wildman–Crippen MR) is 67.2 cm³/mol. The molecule has 0 bridgehead atoms. The Morgan fingerprint density at radius 1 is 1.42 bits per heavy atom. The third-order valence-electron chi connectivity index (χ3n) is 2.79. The van der Waals surface area contributed by atoms with Crippen molar-refractivity contribution < 1.29 is 18.7 Å². The lowest BCUT2D eigenvalue weighted by Gasteiger charge is -2.20. The fraction of sp³-hybridized carbons (Fsp3) is 0.214. The summed E-state index contributed by atoms with van der Waals surface area (Å²) in [4.78, 5) is 13.7. The minimum atomic E-state index is -0.580. The van der Waals surface area contributed by atoms with Gasteiger partial charge in [0.2, 0.25) is 0 Å². The van der Waals surface area contributed by atoms with Crippen molar-refractivity contribution in [1.29, 1.82) is 0 Å². The second kappa shape index (κ2) is 5.56. The highest BCUT2D eigenvalue weighted by Crippen LogP contribution is 2.20. The molecule has 100 valence electrons. The van der Waals surface area contributed by atoms with Crippen LogP contribution in [0.2, 0.25) is 0 Å². The molecule has 0 spiro atoms. The van der Waals surface area contributed by atoms with Gasteiger partial charge in [-0.05, 0) is 31.2 Å². The number of phenolic OH excluding ortho intramolecular Hbond substituents is 1. The van der Waals surface area contributed by atoms with Crippen LogP contribution in [0.4, 0.5) is 4.39 Å². The van der Waals surface area contributed by atoms with Gasteiger partial charge in [0.1, 0.15) is 17.3 Å². The maximum absolute atomic E-state index is 12.9. The van der Waals surface area contributed by atoms with Crippen molar-refractivity contribution in [2.75, 3.05) is 6.54 Å². The number of hydrogen-bond acceptors (Lipinski definition) is 3. The summed E-state index contributed by atoms with van der Waals surface area (Å²) in [5.41, 5.74) is 0.0785. The van der Waals surface area contributed by atoms with Gasteiger partial charge in [0.25, 0.3) is 5.91 Å². The molecule has 1 aromatic carbocycles. The Hall–Kier alpha value is -2.30. The molecule has 0 fully saturated rings. The maximum Gasteiger partial charge on any atom is 0.258 e. The predicted octanol–water partition coefficient (Wildman–Crippen LogP) is 2.79. The Balaban J connectivity index is 2.20. The minimum Gasteiger partial charge on any atom is -0.507 e. The summed E-state index contributed by atoms with van der Waals surface area (Å²) in [7, 11) is 0. The van der Waals surface area contributed by atoms with Gasteiger partial charge in [0.15, 0.2) is 0 Å². The molecular formula is C14H14FNO3. The van der Waals surface area contributed by atoms with E-state index in [-0.39, 0.29) is 17.2 Å². The normalized spacial score (nSPS) is 10.4. The molecule has 0 aliphatic carbocycles. The Morgan fingerprint density at radius 2 is 2.21 bits per heavy atom. The lowest BCUT2D eigenvalue weighted by Crippen LogP contribution is -2.30. The molecule has 0 saturated carbocycles. The molecule has 1 N–H and O–H groups in total. The average Bonchev–Trinajstić information content (AvgIpc) is 2.88. The molecule has 0 aliphatic rings. The van der Waals surface area contributed by atoms with Crippen LogP contribution in [0.15, 0.2) is 41.0 Å². The van der Waals surface area contributed by atoms with Crippen molar-refractivity contribution in [2.45, 2.75) is 13.5 Å². The number of carbonyl (C=O) groups excluding carboxylic acids is 1. The number of phenols is 1. The number of benzene rings is 1. The van der Waals surface area contributed by atoms with Crippen molar-refractivity contribution in [3.05, 3.63) is 53.7 Å². The fourth-order valence-electron chi connectivity index (χ4n) is 1.77. The molecule has 1 aromatic heterocycles. The highest BCUT2D eigenvalue weighted by Gasteiger charge is 2.19. The van der Waals surface area contributed by atoms with Gasteiger partial charge in [0, 0.05) is 12.6 Å². The summed E-state index contributed by atoms with van der Waals surface area (Å²) >= 11 is 0. The van der Waals surface area contributed by atoms with Gasteiger partial charge in [-0.2, -0.15) is 0 Å². The van der Waals surface area contributed by atoms with Crippen LogP contribution in [0.25, 0.3) is 0 Å². The van der Waals surface area contributed by atoms with Crippen molar-refractivity contribution in [2.24, 2.45) is 0 Å². The zero-order valence-electron chi connectivity index (χ0n) is 10.5. The first kappa shape index (κ1) is 13.1. The van der Waals surface area contributed by atoms with E-state index in [0.717, 1.165) is 12.1 Å². The smallest absolute Gasteiger partial charge is 0.258 e. The standard InChI is InChI=1S/C14H14FNO3/c1-2-16(9-11-4-3-7-19-11)14(18)12-6-5-10(15)8-13(12)17/h3-8,17H,2,9H2,1H3. The molecule has 19 heavy (non-hydrogen) atoms. The molecule has 0 unspecified atom stereocenters. The quantitative estimate of drug-likeness (QED) is 0.922. The molecule has 0 radical (unpaired) electrons. The molecule has 1 heterocycles. The number of amides is 1. The molecule has 0 atom stereocenters. The maximum atomic E-state index is 12.9. The SMILES string of the molecule is CCN(Cc1ccco1)C(=O)c1ccc(F)cc1O. The molecule has 1 amide bonds. The van der Waals surface area contributed by atoms with Crippen LogP contribution in [-0.4, -0.2) is 22.5 Å². The Bertz CT molecular complexity index is 566. The van der Waals surface area contributed by atoms with E-state index in [1.165, 1.54) is 17.2 Å². The van der Waals surface area contributed by atoms with E-state index in [9.17, 15) is 14.3 Å². The molecule has 0 saturated heterocycles. The lowest BCUT2D eigenvalue weighted by molar-refractivity contribution is 0.0738. The molecule has 2 aromatic rings. The molecule has 4 nitrogen and oxygen atoms in total. The van der Waals surface area contributed by atoms with Crippen molar-refractivity contribution in [3.63, 3.8) is 0 Å². The highest BCUT2D eigenvalue weighted by atomic mass is 19.1. The Labute approximate surface area is 110 Å². The number of nitrogens with zero attached hydrogens (tertiary/aromatic N) is 1. The minimum absolute atomic E-state index is 0.0785. The van der Waals surface area contributed by atoms with Crippen molar-refractivity contribution >= 4 is 5.91 Å².